The van der Waals surface area contributed by atoms with Crippen molar-refractivity contribution in [3.63, 3.8) is 0 Å². The van der Waals surface area contributed by atoms with Gasteiger partial charge in [-0.3, -0.25) is 4.79 Å². The van der Waals surface area contributed by atoms with Gasteiger partial charge < -0.3 is 9.67 Å². The molecular weight excluding hydrogens is 751 g/mol. The molecule has 0 fully saturated rings. The van der Waals surface area contributed by atoms with Crippen LogP contribution in [-0.4, -0.2) is 10.9 Å². The minimum absolute atomic E-state index is 0. The van der Waals surface area contributed by atoms with Crippen molar-refractivity contribution in [1.29, 1.82) is 0 Å². The van der Waals surface area contributed by atoms with E-state index in [1.54, 1.807) is 0 Å². The van der Waals surface area contributed by atoms with E-state index < -0.39 is 0 Å². The zero-order valence-electron chi connectivity index (χ0n) is 28.5. The van der Waals surface area contributed by atoms with Crippen molar-refractivity contribution < 1.29 is 34.6 Å². The summed E-state index contributed by atoms with van der Waals surface area (Å²) < 4.78 is 4.69. The average Bonchev–Trinajstić information content (AvgIpc) is 3.33. The molecule has 5 aromatic rings. The summed E-state index contributed by atoms with van der Waals surface area (Å²) in [4.78, 5) is 11.0. The quantitative estimate of drug-likeness (QED) is 0.0833. The molecule has 0 aliphatic rings. The summed E-state index contributed by atoms with van der Waals surface area (Å²) in [5, 5.41) is 14.3. The molecule has 2 aromatic heterocycles. The Hall–Kier alpha value is -3.11. The molecule has 1 radical (unpaired) electrons. The van der Waals surface area contributed by atoms with Crippen molar-refractivity contribution in [2.45, 2.75) is 80.6 Å². The number of carbonyl (C=O) groups is 1. The van der Waals surface area contributed by atoms with Crippen LogP contribution < -0.4 is 4.57 Å². The van der Waals surface area contributed by atoms with E-state index in [2.05, 4.69) is 110 Å². The SMILES string of the molecule is CC(C)C(=O)/C=C(\O)C(C)C.[CH2-]c1c(-c2c3sc4c(C)c(C(C)C)ccc4c3cc[n+]2[CH2-])cc(C(C)(C)C)c2ccccc12.[Ir]. The van der Waals surface area contributed by atoms with Gasteiger partial charge in [0.15, 0.2) is 5.78 Å². The van der Waals surface area contributed by atoms with E-state index >= 15 is 0 Å². The van der Waals surface area contributed by atoms with Crippen molar-refractivity contribution in [2.75, 3.05) is 0 Å². The van der Waals surface area contributed by atoms with Gasteiger partial charge in [0.05, 0.1) is 17.6 Å². The van der Waals surface area contributed by atoms with E-state index in [1.807, 2.05) is 43.6 Å². The standard InChI is InChI=1S/C31H32NS.C9H16O2.Ir/c1-18(2)21-13-14-24-25-15-16-32(8)28(30(25)33-29(24)20(21)4)26-17-27(31(5,6)7)23-12-10-9-11-22(23)19(26)3;1-6(2)8(10)5-9(11)7(3)4;/h9-18H,3,8H2,1-2,4-7H3;5-7,10H,1-4H3;/q-1;;/b;8-5-;. The largest absolute Gasteiger partial charge is 0.512 e. The van der Waals surface area contributed by atoms with Gasteiger partial charge >= 0.3 is 0 Å². The van der Waals surface area contributed by atoms with Crippen molar-refractivity contribution >= 4 is 48.1 Å². The zero-order chi connectivity index (χ0) is 32.7. The summed E-state index contributed by atoms with van der Waals surface area (Å²) in [5.41, 5.74) is 7.58. The summed E-state index contributed by atoms with van der Waals surface area (Å²) >= 11 is 1.89. The Morgan fingerprint density at radius 3 is 2.04 bits per heavy atom. The van der Waals surface area contributed by atoms with Gasteiger partial charge in [0.1, 0.15) is 0 Å². The molecule has 0 spiro atoms. The fraction of sp³-hybridized carbons (Fsp3) is 0.350. The summed E-state index contributed by atoms with van der Waals surface area (Å²) in [7, 11) is 4.39. The van der Waals surface area contributed by atoms with Crippen LogP contribution in [-0.2, 0) is 30.3 Å². The molecule has 3 aromatic carbocycles. The average molecular weight is 799 g/mol. The molecule has 0 amide bonds. The number of rotatable bonds is 5. The third kappa shape index (κ3) is 7.32. The second-order valence-corrected chi connectivity index (χ2v) is 14.8. The molecule has 0 saturated carbocycles. The van der Waals surface area contributed by atoms with Crippen molar-refractivity contribution in [1.82, 2.24) is 0 Å². The number of thiophene rings is 1. The molecule has 0 saturated heterocycles. The maximum absolute atomic E-state index is 11.0. The summed E-state index contributed by atoms with van der Waals surface area (Å²) in [6.07, 6.45) is 3.41. The van der Waals surface area contributed by atoms with Crippen LogP contribution in [0.15, 0.2) is 66.6 Å². The molecule has 3 nitrogen and oxygen atoms in total. The smallest absolute Gasteiger partial charge is 0.161 e. The molecule has 5 heteroatoms. The third-order valence-electron chi connectivity index (χ3n) is 8.40. The van der Waals surface area contributed by atoms with Gasteiger partial charge in [-0.2, -0.15) is 12.5 Å². The van der Waals surface area contributed by atoms with Crippen LogP contribution in [0, 0.1) is 32.7 Å². The first-order valence-electron chi connectivity index (χ1n) is 15.6. The van der Waals surface area contributed by atoms with Crippen molar-refractivity contribution in [2.24, 2.45) is 11.8 Å². The Bertz CT molecular complexity index is 1890. The fourth-order valence-corrected chi connectivity index (χ4v) is 7.06. The number of aliphatic hydroxyl groups is 1. The monoisotopic (exact) mass is 799 g/mol. The Kier molecular flexibility index (Phi) is 11.4. The molecule has 0 unspecified atom stereocenters. The normalized spacial score (nSPS) is 12.2. The predicted molar refractivity (Wildman–Crippen MR) is 191 cm³/mol. The van der Waals surface area contributed by atoms with Gasteiger partial charge in [-0.05, 0) is 46.2 Å². The molecule has 45 heavy (non-hydrogen) atoms. The maximum atomic E-state index is 11.0. The van der Waals surface area contributed by atoms with Crippen LogP contribution in [0.5, 0.6) is 0 Å². The summed E-state index contributed by atoms with van der Waals surface area (Å²) in [6, 6.07) is 17.9. The Balaban J connectivity index is 0.000000397. The maximum Gasteiger partial charge on any atom is 0.161 e. The van der Waals surface area contributed by atoms with Gasteiger partial charge in [-0.1, -0.05) is 104 Å². The van der Waals surface area contributed by atoms with Gasteiger partial charge in [0.25, 0.3) is 0 Å². The third-order valence-corrected chi connectivity index (χ3v) is 9.75. The van der Waals surface area contributed by atoms with Crippen molar-refractivity contribution in [3.8, 4) is 11.3 Å². The molecule has 241 valence electrons. The molecule has 5 rings (SSSR count). The number of pyridine rings is 1. The first-order valence-corrected chi connectivity index (χ1v) is 16.4. The molecular formula is C40H48IrNO2S-. The van der Waals surface area contributed by atoms with E-state index in [0.717, 1.165) is 11.3 Å². The molecule has 2 heterocycles. The van der Waals surface area contributed by atoms with E-state index in [1.165, 1.54) is 59.3 Å². The van der Waals surface area contributed by atoms with E-state index in [-0.39, 0.29) is 48.9 Å². The van der Waals surface area contributed by atoms with Crippen LogP contribution >= 0.6 is 11.3 Å². The van der Waals surface area contributed by atoms with Gasteiger partial charge in [0.2, 0.25) is 0 Å². The number of allylic oxidation sites excluding steroid dienone is 2. The van der Waals surface area contributed by atoms with E-state index in [9.17, 15) is 9.90 Å². The number of aryl methyl sites for hydroxylation is 1. The fourth-order valence-electron chi connectivity index (χ4n) is 5.69. The first kappa shape index (κ1) is 36.4. The van der Waals surface area contributed by atoms with Crippen molar-refractivity contribution in [3.05, 3.63) is 103 Å². The van der Waals surface area contributed by atoms with E-state index in [0.29, 0.717) is 5.92 Å². The number of hydrogen-bond acceptors (Lipinski definition) is 3. The number of fused-ring (bicyclic) bond motifs is 4. The number of nitrogens with zero attached hydrogens (tertiary/aromatic N) is 1. The molecule has 0 aliphatic heterocycles. The van der Waals surface area contributed by atoms with Gasteiger partial charge in [-0.15, -0.1) is 34.4 Å². The first-order chi connectivity index (χ1) is 20.5. The Labute approximate surface area is 287 Å². The molecule has 0 aliphatic carbocycles. The van der Waals surface area contributed by atoms with E-state index in [4.69, 9.17) is 0 Å². The van der Waals surface area contributed by atoms with Gasteiger partial charge in [0, 0.05) is 54.5 Å². The van der Waals surface area contributed by atoms with Crippen LogP contribution in [0.1, 0.15) is 90.5 Å². The van der Waals surface area contributed by atoms with Crippen LogP contribution in [0.3, 0.4) is 0 Å². The second-order valence-electron chi connectivity index (χ2n) is 13.8. The number of ketones is 1. The number of aliphatic hydroxyl groups excluding tert-OH is 1. The zero-order valence-corrected chi connectivity index (χ0v) is 31.7. The number of benzene rings is 3. The predicted octanol–water partition coefficient (Wildman–Crippen LogP) is 11.0. The molecule has 0 bridgehead atoms. The van der Waals surface area contributed by atoms with Gasteiger partial charge in [-0.25, -0.2) is 0 Å². The minimum Gasteiger partial charge on any atom is -0.512 e. The number of hydrogen-bond donors (Lipinski definition) is 1. The molecule has 1 N–H and O–H groups in total. The number of aromatic nitrogens is 1. The summed E-state index contributed by atoms with van der Waals surface area (Å²) in [6.45, 7) is 25.6. The summed E-state index contributed by atoms with van der Waals surface area (Å²) in [5.74, 6) is 0.673. The van der Waals surface area contributed by atoms with Crippen LogP contribution in [0.25, 0.3) is 42.2 Å². The topological polar surface area (TPSA) is 41.2 Å². The number of carbonyl (C=O) groups excluding carboxylic acids is 1. The Morgan fingerprint density at radius 1 is 0.889 bits per heavy atom. The van der Waals surface area contributed by atoms with Crippen LogP contribution in [0.2, 0.25) is 0 Å². The molecule has 0 atom stereocenters. The van der Waals surface area contributed by atoms with Crippen LogP contribution in [0.4, 0.5) is 0 Å². The Morgan fingerprint density at radius 2 is 1.49 bits per heavy atom. The minimum atomic E-state index is -0.0316. The second kappa shape index (κ2) is 14.1.